The first kappa shape index (κ1) is 16.4. The molecule has 1 aromatic rings. The maximum atomic E-state index is 12.5. The summed E-state index contributed by atoms with van der Waals surface area (Å²) in [6.45, 7) is 4.01. The Morgan fingerprint density at radius 2 is 2.15 bits per heavy atom. The first-order valence-electron chi connectivity index (χ1n) is 8.70. The average molecular weight is 341 g/mol. The van der Waals surface area contributed by atoms with Crippen molar-refractivity contribution in [2.45, 2.75) is 12.8 Å². The molecule has 0 N–H and O–H groups in total. The minimum Gasteiger partial charge on any atom is -0.465 e. The minimum absolute atomic E-state index is 0.0157. The fraction of sp³-hybridized carbons (Fsp3) is 0.217. The Hall–Kier alpha value is -3.12. The molecular formula is C23H19NO2. The predicted octanol–water partition coefficient (Wildman–Crippen LogP) is 4.53. The van der Waals surface area contributed by atoms with E-state index >= 15 is 0 Å². The Kier molecular flexibility index (Phi) is 3.77. The zero-order valence-electron chi connectivity index (χ0n) is 14.7. The van der Waals surface area contributed by atoms with Gasteiger partial charge < -0.3 is 4.74 Å². The molecule has 0 fully saturated rings. The van der Waals surface area contributed by atoms with E-state index in [1.165, 1.54) is 12.7 Å². The lowest BCUT2D eigenvalue weighted by Crippen LogP contribution is -2.32. The van der Waals surface area contributed by atoms with Crippen molar-refractivity contribution in [3.8, 4) is 6.07 Å². The molecule has 0 saturated carbocycles. The molecule has 3 aliphatic carbocycles. The summed E-state index contributed by atoms with van der Waals surface area (Å²) >= 11 is 0. The van der Waals surface area contributed by atoms with Gasteiger partial charge in [-0.25, -0.2) is 4.79 Å². The maximum absolute atomic E-state index is 12.5. The van der Waals surface area contributed by atoms with Crippen molar-refractivity contribution in [1.29, 1.82) is 5.26 Å². The molecule has 2 atom stereocenters. The normalized spacial score (nSPS) is 26.2. The molecule has 1 aromatic carbocycles. The quantitative estimate of drug-likeness (QED) is 0.600. The molecule has 0 heterocycles. The Bertz CT molecular complexity index is 969. The van der Waals surface area contributed by atoms with Gasteiger partial charge in [0.25, 0.3) is 0 Å². The van der Waals surface area contributed by atoms with E-state index in [0.717, 1.165) is 35.1 Å². The number of carbonyl (C=O) groups is 1. The molecule has 0 spiro atoms. The predicted molar refractivity (Wildman–Crippen MR) is 101 cm³/mol. The van der Waals surface area contributed by atoms with Gasteiger partial charge in [0, 0.05) is 5.92 Å². The number of nitriles is 1. The summed E-state index contributed by atoms with van der Waals surface area (Å²) in [5, 5.41) is 10.4. The van der Waals surface area contributed by atoms with Crippen molar-refractivity contribution in [3.05, 3.63) is 89.1 Å². The van der Waals surface area contributed by atoms with Crippen LogP contribution in [0.25, 0.3) is 5.57 Å². The molecule has 0 saturated heterocycles. The maximum Gasteiger partial charge on any atom is 0.338 e. The number of carbonyl (C=O) groups excluding carboxylic acids is 1. The summed E-state index contributed by atoms with van der Waals surface area (Å²) in [6.07, 6.45) is 9.35. The minimum atomic E-state index is -0.809. The number of rotatable bonds is 3. The first-order valence-corrected chi connectivity index (χ1v) is 8.70. The molecule has 128 valence electrons. The van der Waals surface area contributed by atoms with E-state index in [1.54, 1.807) is 0 Å². The summed E-state index contributed by atoms with van der Waals surface area (Å²) in [5.74, 6) is -0.390. The van der Waals surface area contributed by atoms with Crippen LogP contribution in [0.2, 0.25) is 0 Å². The summed E-state index contributed by atoms with van der Waals surface area (Å²) in [5.41, 5.74) is 4.54. The highest BCUT2D eigenvalue weighted by molar-refractivity contribution is 6.01. The van der Waals surface area contributed by atoms with Crippen molar-refractivity contribution >= 4 is 11.5 Å². The number of esters is 1. The Morgan fingerprint density at radius 3 is 2.81 bits per heavy atom. The van der Waals surface area contributed by atoms with Crippen molar-refractivity contribution in [2.75, 3.05) is 7.11 Å². The molecule has 3 nitrogen and oxygen atoms in total. The van der Waals surface area contributed by atoms with E-state index in [4.69, 9.17) is 4.74 Å². The second-order valence-corrected chi connectivity index (χ2v) is 6.79. The fourth-order valence-electron chi connectivity index (χ4n) is 4.54. The third kappa shape index (κ3) is 2.02. The standard InChI is InChI=1S/C23H19NO2/c1-3-17-12-16-10-7-11-18-19(22(25)26-2)13-20(15-8-5-4-6-9-15)23(17,14-24)21(16)18/h3-9,11,13,17H,1,10,12H2,2H3/t17-,23+/m0/s1. The average Bonchev–Trinajstić information content (AvgIpc) is 3.04. The third-order valence-corrected chi connectivity index (χ3v) is 5.64. The van der Waals surface area contributed by atoms with Gasteiger partial charge >= 0.3 is 5.97 Å². The number of hydrogen-bond donors (Lipinski definition) is 0. The smallest absolute Gasteiger partial charge is 0.338 e. The molecule has 0 unspecified atom stereocenters. The van der Waals surface area contributed by atoms with E-state index in [-0.39, 0.29) is 11.9 Å². The first-order chi connectivity index (χ1) is 12.7. The van der Waals surface area contributed by atoms with Crippen LogP contribution in [0.1, 0.15) is 18.4 Å². The highest BCUT2D eigenvalue weighted by Crippen LogP contribution is 2.62. The summed E-state index contributed by atoms with van der Waals surface area (Å²) < 4.78 is 5.03. The van der Waals surface area contributed by atoms with Crippen molar-refractivity contribution in [2.24, 2.45) is 11.3 Å². The monoisotopic (exact) mass is 341 g/mol. The van der Waals surface area contributed by atoms with Gasteiger partial charge in [0.05, 0.1) is 18.8 Å². The Morgan fingerprint density at radius 1 is 1.38 bits per heavy atom. The third-order valence-electron chi connectivity index (χ3n) is 5.64. The van der Waals surface area contributed by atoms with Gasteiger partial charge in [0.15, 0.2) is 0 Å². The van der Waals surface area contributed by atoms with Crippen LogP contribution in [0.5, 0.6) is 0 Å². The van der Waals surface area contributed by atoms with Crippen LogP contribution in [0, 0.1) is 22.7 Å². The molecule has 0 bridgehead atoms. The van der Waals surface area contributed by atoms with Gasteiger partial charge in [-0.15, -0.1) is 6.58 Å². The Balaban J connectivity index is 2.08. The largest absolute Gasteiger partial charge is 0.465 e. The fourth-order valence-corrected chi connectivity index (χ4v) is 4.54. The zero-order valence-corrected chi connectivity index (χ0v) is 14.7. The van der Waals surface area contributed by atoms with Crippen LogP contribution in [0.3, 0.4) is 0 Å². The molecule has 0 aliphatic heterocycles. The molecule has 0 radical (unpaired) electrons. The SMILES string of the molecule is C=C[C@H]1CC2=C3C(=C(C(=O)OC)C=C(c4ccccc4)[C@]31C#N)C=CC2. The second kappa shape index (κ2) is 6.00. The zero-order chi connectivity index (χ0) is 18.3. The molecule has 0 amide bonds. The molecule has 3 heteroatoms. The van der Waals surface area contributed by atoms with Crippen molar-refractivity contribution in [3.63, 3.8) is 0 Å². The van der Waals surface area contributed by atoms with Gasteiger partial charge in [0.2, 0.25) is 0 Å². The van der Waals surface area contributed by atoms with Gasteiger partial charge in [-0.3, -0.25) is 0 Å². The van der Waals surface area contributed by atoms with Crippen molar-refractivity contribution < 1.29 is 9.53 Å². The van der Waals surface area contributed by atoms with Crippen LogP contribution in [0.15, 0.2) is 83.5 Å². The molecule has 4 rings (SSSR count). The topological polar surface area (TPSA) is 50.1 Å². The van der Waals surface area contributed by atoms with Crippen LogP contribution in [-0.4, -0.2) is 13.1 Å². The molecule has 3 aliphatic rings. The Labute approximate surface area is 153 Å². The number of nitrogens with zero attached hydrogens (tertiary/aromatic N) is 1. The van der Waals surface area contributed by atoms with Crippen LogP contribution >= 0.6 is 0 Å². The second-order valence-electron chi connectivity index (χ2n) is 6.79. The summed E-state index contributed by atoms with van der Waals surface area (Å²) in [7, 11) is 1.39. The van der Waals surface area contributed by atoms with E-state index in [0.29, 0.717) is 5.57 Å². The number of ether oxygens (including phenoxy) is 1. The van der Waals surface area contributed by atoms with Gasteiger partial charge in [-0.05, 0) is 41.2 Å². The van der Waals surface area contributed by atoms with E-state index in [1.807, 2.05) is 48.6 Å². The number of allylic oxidation sites excluding steroid dienone is 7. The lowest BCUT2D eigenvalue weighted by molar-refractivity contribution is -0.135. The van der Waals surface area contributed by atoms with Crippen LogP contribution in [0.4, 0.5) is 0 Å². The number of benzene rings is 1. The lowest BCUT2D eigenvalue weighted by atomic mass is 9.62. The van der Waals surface area contributed by atoms with Gasteiger partial charge in [-0.1, -0.05) is 54.1 Å². The summed E-state index contributed by atoms with van der Waals surface area (Å²) in [6, 6.07) is 12.4. The summed E-state index contributed by atoms with van der Waals surface area (Å²) in [4.78, 5) is 12.5. The van der Waals surface area contributed by atoms with Crippen LogP contribution < -0.4 is 0 Å². The highest BCUT2D eigenvalue weighted by Gasteiger charge is 2.54. The molecule has 26 heavy (non-hydrogen) atoms. The molecule has 0 aromatic heterocycles. The van der Waals surface area contributed by atoms with Gasteiger partial charge in [0.1, 0.15) is 5.41 Å². The number of methoxy groups -OCH3 is 1. The van der Waals surface area contributed by atoms with Crippen LogP contribution in [-0.2, 0) is 9.53 Å². The van der Waals surface area contributed by atoms with E-state index in [9.17, 15) is 10.1 Å². The van der Waals surface area contributed by atoms with Gasteiger partial charge in [-0.2, -0.15) is 5.26 Å². The lowest BCUT2D eigenvalue weighted by Gasteiger charge is -2.38. The van der Waals surface area contributed by atoms with E-state index < -0.39 is 5.41 Å². The number of hydrogen-bond acceptors (Lipinski definition) is 3. The van der Waals surface area contributed by atoms with Crippen molar-refractivity contribution in [1.82, 2.24) is 0 Å². The van der Waals surface area contributed by atoms with E-state index in [2.05, 4.69) is 18.7 Å². The highest BCUT2D eigenvalue weighted by atomic mass is 16.5. The molecular weight excluding hydrogens is 322 g/mol.